The van der Waals surface area contributed by atoms with Gasteiger partial charge in [-0.05, 0) is 25.0 Å². The van der Waals surface area contributed by atoms with Gasteiger partial charge in [-0.1, -0.05) is 0 Å². The number of piperidine rings is 1. The van der Waals surface area contributed by atoms with Crippen molar-refractivity contribution in [3.05, 3.63) is 23.8 Å². The van der Waals surface area contributed by atoms with Gasteiger partial charge >= 0.3 is 6.18 Å². The van der Waals surface area contributed by atoms with Gasteiger partial charge in [0.15, 0.2) is 18.1 Å². The number of ether oxygens (including phenoxy) is 2. The van der Waals surface area contributed by atoms with Crippen molar-refractivity contribution >= 4 is 5.91 Å². The van der Waals surface area contributed by atoms with Crippen LogP contribution in [0.25, 0.3) is 0 Å². The van der Waals surface area contributed by atoms with Crippen molar-refractivity contribution in [1.29, 1.82) is 5.26 Å². The Morgan fingerprint density at radius 2 is 2.17 bits per heavy atom. The van der Waals surface area contributed by atoms with Crippen LogP contribution in [-0.2, 0) is 4.79 Å². The normalized spacial score (nSPS) is 18.0. The number of amides is 1. The standard InChI is InChI=1S/C16H17F3N2O3/c1-23-14-7-11(8-20)4-5-13(14)24-10-15(22)21-6-2-3-12(9-21)16(17,18)19/h4-5,7,12H,2-3,6,9-10H2,1H3/t12-/m0/s1. The maximum absolute atomic E-state index is 12.8. The Kier molecular flexibility index (Phi) is 5.54. The average molecular weight is 342 g/mol. The van der Waals surface area contributed by atoms with Gasteiger partial charge in [0, 0.05) is 19.2 Å². The molecule has 1 aliphatic heterocycles. The van der Waals surface area contributed by atoms with E-state index in [1.807, 2.05) is 6.07 Å². The number of benzene rings is 1. The van der Waals surface area contributed by atoms with Crippen molar-refractivity contribution in [3.8, 4) is 17.6 Å². The molecule has 130 valence electrons. The summed E-state index contributed by atoms with van der Waals surface area (Å²) < 4.78 is 48.8. The molecule has 1 heterocycles. The Morgan fingerprint density at radius 3 is 2.79 bits per heavy atom. The highest BCUT2D eigenvalue weighted by Gasteiger charge is 2.42. The summed E-state index contributed by atoms with van der Waals surface area (Å²) in [7, 11) is 1.39. The largest absolute Gasteiger partial charge is 0.493 e. The first-order valence-corrected chi connectivity index (χ1v) is 7.40. The minimum atomic E-state index is -4.30. The molecule has 5 nitrogen and oxygen atoms in total. The Balaban J connectivity index is 1.97. The number of nitriles is 1. The summed E-state index contributed by atoms with van der Waals surface area (Å²) in [4.78, 5) is 13.3. The van der Waals surface area contributed by atoms with E-state index in [0.717, 1.165) is 0 Å². The predicted octanol–water partition coefficient (Wildman–Crippen LogP) is 2.75. The molecule has 1 saturated heterocycles. The first-order chi connectivity index (χ1) is 11.3. The fourth-order valence-corrected chi connectivity index (χ4v) is 2.56. The van der Waals surface area contributed by atoms with Crippen LogP contribution >= 0.6 is 0 Å². The third-order valence-corrected chi connectivity index (χ3v) is 3.88. The van der Waals surface area contributed by atoms with Gasteiger partial charge in [0.1, 0.15) is 0 Å². The molecular formula is C16H17F3N2O3. The van der Waals surface area contributed by atoms with Crippen LogP contribution in [0.2, 0.25) is 0 Å². The summed E-state index contributed by atoms with van der Waals surface area (Å²) in [5, 5.41) is 8.83. The second kappa shape index (κ2) is 7.43. The SMILES string of the molecule is COc1cc(C#N)ccc1OCC(=O)N1CCC[C@H](C(F)(F)F)C1. The van der Waals surface area contributed by atoms with Crippen LogP contribution in [0, 0.1) is 17.2 Å². The topological polar surface area (TPSA) is 62.6 Å². The first-order valence-electron chi connectivity index (χ1n) is 7.40. The van der Waals surface area contributed by atoms with E-state index in [4.69, 9.17) is 14.7 Å². The average Bonchev–Trinajstić information content (AvgIpc) is 2.58. The van der Waals surface area contributed by atoms with E-state index < -0.39 is 18.0 Å². The molecule has 1 aliphatic rings. The summed E-state index contributed by atoms with van der Waals surface area (Å²) in [5.74, 6) is -1.45. The molecule has 0 unspecified atom stereocenters. The Morgan fingerprint density at radius 1 is 1.42 bits per heavy atom. The summed E-state index contributed by atoms with van der Waals surface area (Å²) in [5.41, 5.74) is 0.370. The van der Waals surface area contributed by atoms with Crippen molar-refractivity contribution in [2.24, 2.45) is 5.92 Å². The molecule has 0 saturated carbocycles. The number of alkyl halides is 3. The molecular weight excluding hydrogens is 325 g/mol. The molecule has 2 rings (SSSR count). The van der Waals surface area contributed by atoms with Crippen LogP contribution in [0.5, 0.6) is 11.5 Å². The van der Waals surface area contributed by atoms with Crippen LogP contribution in [0.3, 0.4) is 0 Å². The van der Waals surface area contributed by atoms with Gasteiger partial charge in [0.2, 0.25) is 0 Å². The second-order valence-electron chi connectivity index (χ2n) is 5.49. The zero-order valence-electron chi connectivity index (χ0n) is 13.1. The first kappa shape index (κ1) is 17.9. The monoisotopic (exact) mass is 342 g/mol. The number of likely N-dealkylation sites (tertiary alicyclic amines) is 1. The molecule has 0 N–H and O–H groups in total. The van der Waals surface area contributed by atoms with E-state index in [9.17, 15) is 18.0 Å². The lowest BCUT2D eigenvalue weighted by Crippen LogP contribution is -2.46. The van der Waals surface area contributed by atoms with Gasteiger partial charge < -0.3 is 14.4 Å². The highest BCUT2D eigenvalue weighted by molar-refractivity contribution is 5.78. The Labute approximate surface area is 137 Å². The highest BCUT2D eigenvalue weighted by atomic mass is 19.4. The van der Waals surface area contributed by atoms with E-state index in [0.29, 0.717) is 18.5 Å². The molecule has 1 amide bonds. The van der Waals surface area contributed by atoms with Gasteiger partial charge in [-0.15, -0.1) is 0 Å². The van der Waals surface area contributed by atoms with Crippen molar-refractivity contribution in [1.82, 2.24) is 4.90 Å². The fourth-order valence-electron chi connectivity index (χ4n) is 2.56. The zero-order chi connectivity index (χ0) is 17.7. The molecule has 0 aromatic heterocycles. The number of hydrogen-bond acceptors (Lipinski definition) is 4. The maximum Gasteiger partial charge on any atom is 0.393 e. The Bertz CT molecular complexity index is 640. The number of nitrogens with zero attached hydrogens (tertiary/aromatic N) is 2. The van der Waals surface area contributed by atoms with Crippen LogP contribution in [0.15, 0.2) is 18.2 Å². The van der Waals surface area contributed by atoms with Crippen molar-refractivity contribution in [3.63, 3.8) is 0 Å². The minimum absolute atomic E-state index is 0.0393. The van der Waals surface area contributed by atoms with E-state index in [1.54, 1.807) is 0 Å². The molecule has 8 heteroatoms. The number of rotatable bonds is 4. The van der Waals surface area contributed by atoms with Gasteiger partial charge in [0.25, 0.3) is 5.91 Å². The van der Waals surface area contributed by atoms with Crippen LogP contribution in [-0.4, -0.2) is 43.8 Å². The van der Waals surface area contributed by atoms with Crippen molar-refractivity contribution in [2.45, 2.75) is 19.0 Å². The third-order valence-electron chi connectivity index (χ3n) is 3.88. The third kappa shape index (κ3) is 4.31. The molecule has 1 fully saturated rings. The lowest BCUT2D eigenvalue weighted by atomic mass is 9.97. The molecule has 0 radical (unpaired) electrons. The van der Waals surface area contributed by atoms with Gasteiger partial charge in [-0.25, -0.2) is 0 Å². The number of hydrogen-bond donors (Lipinski definition) is 0. The van der Waals surface area contributed by atoms with Crippen molar-refractivity contribution in [2.75, 3.05) is 26.8 Å². The maximum atomic E-state index is 12.8. The summed E-state index contributed by atoms with van der Waals surface area (Å²) in [6.07, 6.45) is -3.94. The second-order valence-corrected chi connectivity index (χ2v) is 5.49. The van der Waals surface area contributed by atoms with E-state index in [1.165, 1.54) is 30.2 Å². The highest BCUT2D eigenvalue weighted by Crippen LogP contribution is 2.33. The van der Waals surface area contributed by atoms with Gasteiger partial charge in [-0.3, -0.25) is 4.79 Å². The van der Waals surface area contributed by atoms with E-state index in [-0.39, 0.29) is 31.1 Å². The molecule has 0 bridgehead atoms. The van der Waals surface area contributed by atoms with Crippen LogP contribution in [0.1, 0.15) is 18.4 Å². The number of carbonyl (C=O) groups excluding carboxylic acids is 1. The number of carbonyl (C=O) groups is 1. The van der Waals surface area contributed by atoms with Crippen LogP contribution < -0.4 is 9.47 Å². The zero-order valence-corrected chi connectivity index (χ0v) is 13.1. The van der Waals surface area contributed by atoms with Gasteiger partial charge in [-0.2, -0.15) is 18.4 Å². The Hall–Kier alpha value is -2.43. The van der Waals surface area contributed by atoms with Crippen molar-refractivity contribution < 1.29 is 27.4 Å². The van der Waals surface area contributed by atoms with E-state index in [2.05, 4.69) is 0 Å². The lowest BCUT2D eigenvalue weighted by Gasteiger charge is -2.33. The molecule has 0 aliphatic carbocycles. The summed E-state index contributed by atoms with van der Waals surface area (Å²) in [6.45, 7) is -0.428. The minimum Gasteiger partial charge on any atom is -0.493 e. The van der Waals surface area contributed by atoms with Gasteiger partial charge in [0.05, 0.1) is 24.7 Å². The van der Waals surface area contributed by atoms with E-state index >= 15 is 0 Å². The quantitative estimate of drug-likeness (QED) is 0.844. The molecule has 1 aromatic carbocycles. The summed E-state index contributed by atoms with van der Waals surface area (Å²) in [6, 6.07) is 6.39. The smallest absolute Gasteiger partial charge is 0.393 e. The fraction of sp³-hybridized carbons (Fsp3) is 0.500. The molecule has 1 aromatic rings. The number of halogens is 3. The molecule has 1 atom stereocenters. The predicted molar refractivity (Wildman–Crippen MR) is 78.6 cm³/mol. The summed E-state index contributed by atoms with van der Waals surface area (Å²) >= 11 is 0. The molecule has 24 heavy (non-hydrogen) atoms. The number of methoxy groups -OCH3 is 1. The molecule has 0 spiro atoms. The van der Waals surface area contributed by atoms with Crippen LogP contribution in [0.4, 0.5) is 13.2 Å². The lowest BCUT2D eigenvalue weighted by molar-refractivity contribution is -0.188.